The second kappa shape index (κ2) is 9.93. The molecule has 186 valence electrons. The number of fused-ring (bicyclic) bond motifs is 2. The summed E-state index contributed by atoms with van der Waals surface area (Å²) in [5.41, 5.74) is 0.953. The first-order valence-corrected chi connectivity index (χ1v) is 12.1. The maximum Gasteiger partial charge on any atom is 0.433 e. The smallest absolute Gasteiger partial charge is 0.433 e. The lowest BCUT2D eigenvalue weighted by atomic mass is 9.86. The summed E-state index contributed by atoms with van der Waals surface area (Å²) in [4.78, 5) is 20.6. The lowest BCUT2D eigenvalue weighted by Crippen LogP contribution is -2.28. The normalized spacial score (nSPS) is 20.1. The number of benzene rings is 2. The third-order valence-electron chi connectivity index (χ3n) is 6.44. The van der Waals surface area contributed by atoms with Crippen LogP contribution in [0.2, 0.25) is 5.02 Å². The molecule has 0 radical (unpaired) electrons. The monoisotopic (exact) mass is 513 g/mol. The number of rotatable bonds is 4. The number of hydrogen-bond acceptors (Lipinski definition) is 4. The Morgan fingerprint density at radius 3 is 2.83 bits per heavy atom. The van der Waals surface area contributed by atoms with Crippen molar-refractivity contribution < 1.29 is 22.7 Å². The third kappa shape index (κ3) is 5.38. The number of pyridine rings is 1. The molecule has 0 spiro atoms. The first kappa shape index (κ1) is 24.3. The summed E-state index contributed by atoms with van der Waals surface area (Å²) in [5.74, 6) is 0.325. The van der Waals surface area contributed by atoms with E-state index in [2.05, 4.69) is 15.3 Å². The van der Waals surface area contributed by atoms with Gasteiger partial charge in [-0.1, -0.05) is 36.2 Å². The second-order valence-electron chi connectivity index (χ2n) is 9.06. The topological polar surface area (TPSA) is 63.6 Å². The largest absolute Gasteiger partial charge is 0.488 e. The highest BCUT2D eigenvalue weighted by Crippen LogP contribution is 2.35. The molecule has 1 aromatic heterocycles. The summed E-state index contributed by atoms with van der Waals surface area (Å²) in [6.45, 7) is 0.135. The van der Waals surface area contributed by atoms with E-state index in [1.54, 1.807) is 54.8 Å². The minimum Gasteiger partial charge on any atom is -0.488 e. The minimum atomic E-state index is -4.54. The summed E-state index contributed by atoms with van der Waals surface area (Å²) < 4.78 is 45.9. The van der Waals surface area contributed by atoms with Crippen LogP contribution in [0.3, 0.4) is 0 Å². The zero-order chi connectivity index (χ0) is 25.3. The molecule has 5 nitrogen and oxygen atoms in total. The van der Waals surface area contributed by atoms with Gasteiger partial charge in [-0.3, -0.25) is 4.79 Å². The van der Waals surface area contributed by atoms with Crippen molar-refractivity contribution in [3.05, 3.63) is 70.4 Å². The van der Waals surface area contributed by atoms with E-state index in [1.165, 1.54) is 0 Å². The molecule has 9 heteroatoms. The van der Waals surface area contributed by atoms with Crippen molar-refractivity contribution in [2.24, 2.45) is 10.9 Å². The number of nitrogens with zero attached hydrogens (tertiary/aromatic N) is 2. The molecule has 1 N–H and O–H groups in total. The van der Waals surface area contributed by atoms with Gasteiger partial charge in [-0.25, -0.2) is 9.98 Å². The van der Waals surface area contributed by atoms with Gasteiger partial charge in [0.05, 0.1) is 11.1 Å². The maximum atomic E-state index is 13.4. The Balaban J connectivity index is 1.29. The standard InChI is InChI=1S/C27H23ClF3N3O2/c28-19-8-9-24-17(12-19)11-18(15-36-24)26(35)32-14-16-4-3-5-20(10-16)33-23-13-25(27(29,30)31)34-22-7-2-1-6-21(22)23/h1-2,6-9,11-14,16,20H,3-5,10,15H2,(H,33,34)/t16?,20-/m0/s1. The van der Waals surface area contributed by atoms with E-state index >= 15 is 0 Å². The van der Waals surface area contributed by atoms with Crippen molar-refractivity contribution in [2.75, 3.05) is 11.9 Å². The van der Waals surface area contributed by atoms with Crippen molar-refractivity contribution in [3.8, 4) is 5.75 Å². The number of ether oxygens (including phenoxy) is 1. The number of anilines is 1. The Morgan fingerprint density at radius 2 is 2.00 bits per heavy atom. The van der Waals surface area contributed by atoms with Crippen LogP contribution in [0.25, 0.3) is 17.0 Å². The molecule has 1 fully saturated rings. The first-order chi connectivity index (χ1) is 17.3. The molecule has 0 saturated heterocycles. The van der Waals surface area contributed by atoms with Crippen molar-refractivity contribution in [1.82, 2.24) is 4.98 Å². The van der Waals surface area contributed by atoms with E-state index < -0.39 is 11.9 Å². The number of nitrogens with one attached hydrogen (secondary N) is 1. The molecular weight excluding hydrogens is 491 g/mol. The van der Waals surface area contributed by atoms with Gasteiger partial charge >= 0.3 is 6.18 Å². The number of halogens is 4. The van der Waals surface area contributed by atoms with Gasteiger partial charge in [0.2, 0.25) is 0 Å². The Morgan fingerprint density at radius 1 is 1.17 bits per heavy atom. The lowest BCUT2D eigenvalue weighted by molar-refractivity contribution is -0.140. The number of amides is 1. The number of aromatic nitrogens is 1. The van der Waals surface area contributed by atoms with E-state index in [9.17, 15) is 18.0 Å². The molecule has 1 saturated carbocycles. The Bertz CT molecular complexity index is 1370. The Labute approximate surface area is 211 Å². The van der Waals surface area contributed by atoms with Crippen molar-refractivity contribution in [1.29, 1.82) is 0 Å². The number of aliphatic imine (C=N–C) groups is 1. The fourth-order valence-electron chi connectivity index (χ4n) is 4.68. The molecule has 1 aliphatic carbocycles. The summed E-state index contributed by atoms with van der Waals surface area (Å²) in [5, 5.41) is 4.49. The molecule has 1 amide bonds. The molecular formula is C27H23ClF3N3O2. The number of alkyl halides is 3. The lowest BCUT2D eigenvalue weighted by Gasteiger charge is -2.29. The number of hydrogen-bond donors (Lipinski definition) is 1. The number of para-hydroxylation sites is 1. The van der Waals surface area contributed by atoms with Gasteiger partial charge in [-0.15, -0.1) is 0 Å². The van der Waals surface area contributed by atoms with Crippen LogP contribution in [0.1, 0.15) is 36.9 Å². The van der Waals surface area contributed by atoms with Gasteiger partial charge < -0.3 is 10.1 Å². The second-order valence-corrected chi connectivity index (χ2v) is 9.50. The van der Waals surface area contributed by atoms with E-state index in [0.29, 0.717) is 39.4 Å². The fourth-order valence-corrected chi connectivity index (χ4v) is 4.86. The SMILES string of the molecule is O=C(N=CC1CCC[C@H](Nc2cc(C(F)(F)F)nc3ccccc23)C1)C1=Cc2cc(Cl)ccc2OC1. The molecule has 2 aromatic carbocycles. The van der Waals surface area contributed by atoms with E-state index in [-0.39, 0.29) is 24.5 Å². The predicted octanol–water partition coefficient (Wildman–Crippen LogP) is 6.95. The van der Waals surface area contributed by atoms with E-state index in [0.717, 1.165) is 30.9 Å². The van der Waals surface area contributed by atoms with E-state index in [1.807, 2.05) is 0 Å². The molecule has 1 unspecified atom stereocenters. The molecule has 3 aromatic rings. The van der Waals surface area contributed by atoms with Gasteiger partial charge in [0.1, 0.15) is 18.1 Å². The highest BCUT2D eigenvalue weighted by molar-refractivity contribution is 6.30. The van der Waals surface area contributed by atoms with Crippen molar-refractivity contribution in [2.45, 2.75) is 37.9 Å². The van der Waals surface area contributed by atoms with Crippen molar-refractivity contribution in [3.63, 3.8) is 0 Å². The zero-order valence-electron chi connectivity index (χ0n) is 19.2. The fraction of sp³-hybridized carbons (Fsp3) is 0.296. The van der Waals surface area contributed by atoms with Crippen LogP contribution in [-0.2, 0) is 11.0 Å². The Kier molecular flexibility index (Phi) is 6.71. The molecule has 0 bridgehead atoms. The maximum absolute atomic E-state index is 13.4. The molecule has 5 rings (SSSR count). The highest BCUT2D eigenvalue weighted by Gasteiger charge is 2.34. The van der Waals surface area contributed by atoms with Crippen LogP contribution in [0.4, 0.5) is 18.9 Å². The molecule has 1 aliphatic heterocycles. The van der Waals surface area contributed by atoms with Gasteiger partial charge in [0.25, 0.3) is 5.91 Å². The van der Waals surface area contributed by atoms with Crippen LogP contribution < -0.4 is 10.1 Å². The van der Waals surface area contributed by atoms with Gasteiger partial charge in [-0.05, 0) is 61.6 Å². The third-order valence-corrected chi connectivity index (χ3v) is 6.68. The summed E-state index contributed by atoms with van der Waals surface area (Å²) in [6, 6.07) is 13.0. The van der Waals surface area contributed by atoms with Crippen LogP contribution >= 0.6 is 11.6 Å². The van der Waals surface area contributed by atoms with Crippen LogP contribution in [0.5, 0.6) is 5.75 Å². The molecule has 2 aliphatic rings. The minimum absolute atomic E-state index is 0.0298. The zero-order valence-corrected chi connectivity index (χ0v) is 19.9. The van der Waals surface area contributed by atoms with Crippen LogP contribution in [0, 0.1) is 5.92 Å². The molecule has 2 heterocycles. The molecule has 2 atom stereocenters. The average molecular weight is 514 g/mol. The van der Waals surface area contributed by atoms with Gasteiger partial charge in [0.15, 0.2) is 0 Å². The number of carbonyl (C=O) groups is 1. The highest BCUT2D eigenvalue weighted by atomic mass is 35.5. The molecule has 36 heavy (non-hydrogen) atoms. The van der Waals surface area contributed by atoms with E-state index in [4.69, 9.17) is 16.3 Å². The summed E-state index contributed by atoms with van der Waals surface area (Å²) in [6.07, 6.45) is 2.06. The quantitative estimate of drug-likeness (QED) is 0.383. The average Bonchev–Trinajstić information content (AvgIpc) is 2.86. The number of carbonyl (C=O) groups excluding carboxylic acids is 1. The van der Waals surface area contributed by atoms with Crippen molar-refractivity contribution >= 4 is 46.4 Å². The van der Waals surface area contributed by atoms with Crippen LogP contribution in [0.15, 0.2) is 59.1 Å². The summed E-state index contributed by atoms with van der Waals surface area (Å²) >= 11 is 6.04. The first-order valence-electron chi connectivity index (χ1n) is 11.7. The van der Waals surface area contributed by atoms with Gasteiger partial charge in [0, 0.05) is 33.9 Å². The van der Waals surface area contributed by atoms with Gasteiger partial charge in [-0.2, -0.15) is 13.2 Å². The van der Waals surface area contributed by atoms with Crippen LogP contribution in [-0.4, -0.2) is 29.8 Å². The summed E-state index contributed by atoms with van der Waals surface area (Å²) in [7, 11) is 0. The Hall–Kier alpha value is -3.39. The predicted molar refractivity (Wildman–Crippen MR) is 135 cm³/mol.